The normalized spacial score (nSPS) is 33.2. The molecule has 14 heavy (non-hydrogen) atoms. The number of aromatic nitrogens is 1. The molecule has 78 valence electrons. The summed E-state index contributed by atoms with van der Waals surface area (Å²) in [5, 5.41) is 3.58. The van der Waals surface area contributed by atoms with Crippen molar-refractivity contribution in [1.29, 1.82) is 0 Å². The van der Waals surface area contributed by atoms with Crippen LogP contribution in [0.25, 0.3) is 0 Å². The number of piperidine rings is 1. The first-order chi connectivity index (χ1) is 6.65. The third-order valence-corrected chi connectivity index (χ3v) is 2.94. The lowest BCUT2D eigenvalue weighted by Crippen LogP contribution is -2.44. The van der Waals surface area contributed by atoms with Gasteiger partial charge in [0.05, 0.1) is 0 Å². The minimum absolute atomic E-state index is 0.344. The predicted octanol–water partition coefficient (Wildman–Crippen LogP) is 1.17. The van der Waals surface area contributed by atoms with Crippen LogP contribution in [0.15, 0.2) is 18.5 Å². The van der Waals surface area contributed by atoms with Crippen molar-refractivity contribution in [1.82, 2.24) is 9.88 Å². The Bertz CT molecular complexity index is 295. The number of rotatable bonds is 1. The summed E-state index contributed by atoms with van der Waals surface area (Å²) in [4.78, 5) is 0. The molecule has 0 aromatic carbocycles. The minimum atomic E-state index is 0.344. The zero-order chi connectivity index (χ0) is 10.1. The minimum Gasteiger partial charge on any atom is -0.357 e. The van der Waals surface area contributed by atoms with Gasteiger partial charge in [0.25, 0.3) is 0 Å². The van der Waals surface area contributed by atoms with E-state index in [0.717, 1.165) is 12.8 Å². The second kappa shape index (κ2) is 3.75. The second-order valence-corrected chi connectivity index (χ2v) is 4.46. The lowest BCUT2D eigenvalue weighted by Gasteiger charge is -2.32. The largest absolute Gasteiger partial charge is 0.357 e. The van der Waals surface area contributed by atoms with Crippen LogP contribution in [0.4, 0.5) is 0 Å². The molecule has 0 unspecified atom stereocenters. The van der Waals surface area contributed by atoms with Crippen LogP contribution in [0.5, 0.6) is 0 Å². The summed E-state index contributed by atoms with van der Waals surface area (Å²) in [6.45, 7) is 2.20. The highest BCUT2D eigenvalue weighted by molar-refractivity contribution is 5.16. The predicted molar refractivity (Wildman–Crippen MR) is 58.0 cm³/mol. The Morgan fingerprint density at radius 2 is 2.29 bits per heavy atom. The van der Waals surface area contributed by atoms with Gasteiger partial charge in [-0.3, -0.25) is 0 Å². The van der Waals surface area contributed by atoms with Gasteiger partial charge in [0.2, 0.25) is 0 Å². The van der Waals surface area contributed by atoms with E-state index in [1.54, 1.807) is 0 Å². The molecular formula is C11H19N3. The molecule has 3 heteroatoms. The van der Waals surface area contributed by atoms with Crippen LogP contribution in [-0.2, 0) is 7.05 Å². The Hall–Kier alpha value is -0.800. The molecule has 2 heterocycles. The molecule has 1 aliphatic rings. The number of nitrogens with two attached hydrogens (primary N) is 1. The van der Waals surface area contributed by atoms with Gasteiger partial charge in [-0.05, 0) is 31.4 Å². The molecule has 0 bridgehead atoms. The molecule has 3 atom stereocenters. The Labute approximate surface area is 85.3 Å². The topological polar surface area (TPSA) is 43.0 Å². The molecule has 0 radical (unpaired) electrons. The average molecular weight is 193 g/mol. The molecule has 0 amide bonds. The highest BCUT2D eigenvalue weighted by Crippen LogP contribution is 2.24. The maximum atomic E-state index is 6.01. The van der Waals surface area contributed by atoms with Gasteiger partial charge in [-0.1, -0.05) is 0 Å². The zero-order valence-electron chi connectivity index (χ0n) is 8.90. The summed E-state index contributed by atoms with van der Waals surface area (Å²) in [5.41, 5.74) is 7.37. The summed E-state index contributed by atoms with van der Waals surface area (Å²) < 4.78 is 2.09. The van der Waals surface area contributed by atoms with E-state index in [-0.39, 0.29) is 0 Å². The molecule has 3 N–H and O–H groups in total. The Morgan fingerprint density at radius 1 is 1.50 bits per heavy atom. The maximum absolute atomic E-state index is 6.01. The fourth-order valence-electron chi connectivity index (χ4n) is 2.30. The first kappa shape index (κ1) is 9.74. The van der Waals surface area contributed by atoms with Crippen molar-refractivity contribution >= 4 is 0 Å². The van der Waals surface area contributed by atoms with Crippen LogP contribution >= 0.6 is 0 Å². The highest BCUT2D eigenvalue weighted by Gasteiger charge is 2.24. The summed E-state index contributed by atoms with van der Waals surface area (Å²) in [5.74, 6) is 0. The smallest absolute Gasteiger partial charge is 0.0352 e. The number of aryl methyl sites for hydroxylation is 1. The third-order valence-electron chi connectivity index (χ3n) is 2.94. The van der Waals surface area contributed by atoms with Gasteiger partial charge >= 0.3 is 0 Å². The van der Waals surface area contributed by atoms with E-state index in [2.05, 4.69) is 42.3 Å². The number of hydrogen-bond acceptors (Lipinski definition) is 2. The third kappa shape index (κ3) is 1.99. The SMILES string of the molecule is C[C@H]1C[C@H](N)C[C@@H](c2ccn(C)c2)N1. The van der Waals surface area contributed by atoms with E-state index in [4.69, 9.17) is 5.73 Å². The van der Waals surface area contributed by atoms with Crippen LogP contribution in [0.3, 0.4) is 0 Å². The highest BCUT2D eigenvalue weighted by atomic mass is 15.0. The van der Waals surface area contributed by atoms with Crippen LogP contribution in [0.1, 0.15) is 31.4 Å². The molecule has 1 aromatic rings. The van der Waals surface area contributed by atoms with Crippen molar-refractivity contribution in [3.05, 3.63) is 24.0 Å². The Morgan fingerprint density at radius 3 is 2.86 bits per heavy atom. The van der Waals surface area contributed by atoms with Crippen LogP contribution in [0, 0.1) is 0 Å². The van der Waals surface area contributed by atoms with E-state index in [0.29, 0.717) is 18.1 Å². The molecular weight excluding hydrogens is 174 g/mol. The van der Waals surface area contributed by atoms with E-state index >= 15 is 0 Å². The molecule has 0 aliphatic carbocycles. The van der Waals surface area contributed by atoms with Gasteiger partial charge in [-0.2, -0.15) is 0 Å². The molecule has 1 aliphatic heterocycles. The number of hydrogen-bond donors (Lipinski definition) is 2. The van der Waals surface area contributed by atoms with Crippen molar-refractivity contribution in [2.75, 3.05) is 0 Å². The van der Waals surface area contributed by atoms with Crippen LogP contribution in [0.2, 0.25) is 0 Å². The Balaban J connectivity index is 2.10. The lowest BCUT2D eigenvalue weighted by atomic mass is 9.92. The van der Waals surface area contributed by atoms with Crippen molar-refractivity contribution in [2.45, 2.75) is 37.9 Å². The Kier molecular flexibility index (Phi) is 2.61. The van der Waals surface area contributed by atoms with E-state index < -0.39 is 0 Å². The van der Waals surface area contributed by atoms with Gasteiger partial charge < -0.3 is 15.6 Å². The summed E-state index contributed by atoms with van der Waals surface area (Å²) in [6, 6.07) is 3.48. The fourth-order valence-corrected chi connectivity index (χ4v) is 2.30. The molecule has 1 saturated heterocycles. The van der Waals surface area contributed by atoms with Gasteiger partial charge in [0.15, 0.2) is 0 Å². The quantitative estimate of drug-likeness (QED) is 0.703. The molecule has 3 nitrogen and oxygen atoms in total. The lowest BCUT2D eigenvalue weighted by molar-refractivity contribution is 0.307. The average Bonchev–Trinajstić information content (AvgIpc) is 2.50. The van der Waals surface area contributed by atoms with E-state index in [9.17, 15) is 0 Å². The fraction of sp³-hybridized carbons (Fsp3) is 0.636. The van der Waals surface area contributed by atoms with Gasteiger partial charge in [0, 0.05) is 37.6 Å². The van der Waals surface area contributed by atoms with Gasteiger partial charge in [-0.25, -0.2) is 0 Å². The first-order valence-electron chi connectivity index (χ1n) is 5.28. The van der Waals surface area contributed by atoms with Gasteiger partial charge in [0.1, 0.15) is 0 Å². The summed E-state index contributed by atoms with van der Waals surface area (Å²) >= 11 is 0. The van der Waals surface area contributed by atoms with E-state index in [1.807, 2.05) is 0 Å². The monoisotopic (exact) mass is 193 g/mol. The van der Waals surface area contributed by atoms with Crippen molar-refractivity contribution < 1.29 is 0 Å². The van der Waals surface area contributed by atoms with Crippen molar-refractivity contribution in [2.24, 2.45) is 12.8 Å². The zero-order valence-corrected chi connectivity index (χ0v) is 8.90. The van der Waals surface area contributed by atoms with Crippen molar-refractivity contribution in [3.8, 4) is 0 Å². The van der Waals surface area contributed by atoms with Crippen LogP contribution in [-0.4, -0.2) is 16.7 Å². The van der Waals surface area contributed by atoms with Crippen LogP contribution < -0.4 is 11.1 Å². The summed E-state index contributed by atoms with van der Waals surface area (Å²) in [6.07, 6.45) is 6.39. The molecule has 1 aromatic heterocycles. The second-order valence-electron chi connectivity index (χ2n) is 4.46. The first-order valence-corrected chi connectivity index (χ1v) is 5.28. The standard InChI is InChI=1S/C11H19N3/c1-8-5-10(12)6-11(13-8)9-3-4-14(2)7-9/h3-4,7-8,10-11,13H,5-6,12H2,1-2H3/t8-,10-,11-/m0/s1. The molecule has 2 rings (SSSR count). The van der Waals surface area contributed by atoms with E-state index in [1.165, 1.54) is 5.56 Å². The van der Waals surface area contributed by atoms with Gasteiger partial charge in [-0.15, -0.1) is 0 Å². The number of nitrogens with one attached hydrogen (secondary N) is 1. The molecule has 0 spiro atoms. The summed E-state index contributed by atoms with van der Waals surface area (Å²) in [7, 11) is 2.05. The van der Waals surface area contributed by atoms with Crippen molar-refractivity contribution in [3.63, 3.8) is 0 Å². The maximum Gasteiger partial charge on any atom is 0.0352 e. The molecule has 0 saturated carbocycles. The number of nitrogens with zero attached hydrogens (tertiary/aromatic N) is 1. The molecule has 1 fully saturated rings.